The lowest BCUT2D eigenvalue weighted by atomic mass is 9.63. The van der Waals surface area contributed by atoms with Gasteiger partial charge in [0.15, 0.2) is 0 Å². The van der Waals surface area contributed by atoms with Crippen molar-refractivity contribution in [1.29, 1.82) is 5.26 Å². The molecule has 2 N–H and O–H groups in total. The number of nitrogens with zero attached hydrogens (tertiary/aromatic N) is 1. The number of ether oxygens (including phenoxy) is 1. The first-order valence-electron chi connectivity index (χ1n) is 11.7. The number of hydrogen-bond donors (Lipinski definition) is 2. The number of carbonyl (C=O) groups is 1. The highest BCUT2D eigenvalue weighted by Gasteiger charge is 2.45. The Morgan fingerprint density at radius 2 is 2.22 bits per heavy atom. The number of nitriles is 1. The van der Waals surface area contributed by atoms with Crippen LogP contribution in [0, 0.1) is 29.1 Å². The summed E-state index contributed by atoms with van der Waals surface area (Å²) in [5.41, 5.74) is -0.117. The van der Waals surface area contributed by atoms with Gasteiger partial charge in [-0.1, -0.05) is 36.8 Å². The number of methoxy groups -OCH3 is 1. The highest BCUT2D eigenvalue weighted by molar-refractivity contribution is 7.10. The van der Waals surface area contributed by atoms with Crippen LogP contribution in [0.4, 0.5) is 0 Å². The van der Waals surface area contributed by atoms with Gasteiger partial charge in [-0.05, 0) is 62.3 Å². The Hall–Kier alpha value is -1.94. The summed E-state index contributed by atoms with van der Waals surface area (Å²) < 4.78 is 4.65. The molecule has 1 heterocycles. The van der Waals surface area contributed by atoms with Crippen LogP contribution in [0.1, 0.15) is 62.7 Å². The second kappa shape index (κ2) is 11.8. The first-order chi connectivity index (χ1) is 15.5. The molecule has 3 unspecified atom stereocenters. The Morgan fingerprint density at radius 3 is 2.84 bits per heavy atom. The molecule has 2 aliphatic carbocycles. The molecule has 1 aromatic heterocycles. The Bertz CT molecular complexity index is 821. The number of thiophene rings is 1. The summed E-state index contributed by atoms with van der Waals surface area (Å²) in [5.74, 6) is -0.383. The molecule has 0 aromatic carbocycles. The van der Waals surface area contributed by atoms with E-state index in [1.807, 2.05) is 24.3 Å². The van der Waals surface area contributed by atoms with Gasteiger partial charge in [-0.2, -0.15) is 5.26 Å². The molecule has 0 saturated heterocycles. The molecule has 32 heavy (non-hydrogen) atoms. The minimum atomic E-state index is -0.527. The van der Waals surface area contributed by atoms with Crippen LogP contribution in [-0.2, 0) is 14.9 Å². The summed E-state index contributed by atoms with van der Waals surface area (Å²) in [7, 11) is 1.40. The SMILES string of the molecule is COC(=O)CCC/C=C\C[C@H]1C(C#N)C[C@@H](O)C1/C=C/CC(O)C1(c2cccs2)CCC1. The van der Waals surface area contributed by atoms with Gasteiger partial charge < -0.3 is 14.9 Å². The van der Waals surface area contributed by atoms with Crippen molar-refractivity contribution in [2.45, 2.75) is 75.4 Å². The molecule has 3 rings (SSSR count). The van der Waals surface area contributed by atoms with Crippen LogP contribution in [-0.4, -0.2) is 35.5 Å². The predicted octanol–water partition coefficient (Wildman–Crippen LogP) is 4.90. The number of aliphatic hydroxyl groups is 2. The third kappa shape index (κ3) is 5.70. The lowest BCUT2D eigenvalue weighted by molar-refractivity contribution is -0.140. The molecular weight excluding hydrogens is 422 g/mol. The third-order valence-corrected chi connectivity index (χ3v) is 8.37. The fourth-order valence-corrected chi connectivity index (χ4v) is 6.21. The summed E-state index contributed by atoms with van der Waals surface area (Å²) in [6.07, 6.45) is 14.1. The molecule has 174 valence electrons. The van der Waals surface area contributed by atoms with E-state index in [9.17, 15) is 20.3 Å². The van der Waals surface area contributed by atoms with Crippen molar-refractivity contribution in [3.05, 3.63) is 46.7 Å². The lowest BCUT2D eigenvalue weighted by Crippen LogP contribution is -2.44. The first kappa shape index (κ1) is 24.7. The predicted molar refractivity (Wildman–Crippen MR) is 126 cm³/mol. The van der Waals surface area contributed by atoms with Crippen molar-refractivity contribution in [1.82, 2.24) is 0 Å². The maximum Gasteiger partial charge on any atom is 0.305 e. The maximum absolute atomic E-state index is 11.2. The summed E-state index contributed by atoms with van der Waals surface area (Å²) in [4.78, 5) is 12.4. The van der Waals surface area contributed by atoms with Gasteiger partial charge in [-0.25, -0.2) is 0 Å². The number of unbranched alkanes of at least 4 members (excludes halogenated alkanes) is 1. The average Bonchev–Trinajstić information content (AvgIpc) is 3.38. The highest BCUT2D eigenvalue weighted by atomic mass is 32.1. The average molecular weight is 458 g/mol. The Balaban J connectivity index is 1.55. The number of rotatable bonds is 11. The molecule has 6 heteroatoms. The van der Waals surface area contributed by atoms with Crippen molar-refractivity contribution in [2.75, 3.05) is 7.11 Å². The van der Waals surface area contributed by atoms with E-state index in [1.54, 1.807) is 11.3 Å². The van der Waals surface area contributed by atoms with Crippen LogP contribution in [0.2, 0.25) is 0 Å². The Kier molecular flexibility index (Phi) is 9.10. The molecule has 2 saturated carbocycles. The van der Waals surface area contributed by atoms with Crippen LogP contribution >= 0.6 is 11.3 Å². The van der Waals surface area contributed by atoms with E-state index in [0.717, 1.165) is 38.5 Å². The van der Waals surface area contributed by atoms with Gasteiger partial charge >= 0.3 is 5.97 Å². The zero-order valence-corrected chi connectivity index (χ0v) is 19.7. The molecule has 0 bridgehead atoms. The molecule has 5 atom stereocenters. The number of esters is 1. The van der Waals surface area contributed by atoms with E-state index in [0.29, 0.717) is 19.3 Å². The van der Waals surface area contributed by atoms with Gasteiger partial charge in [0, 0.05) is 22.6 Å². The van der Waals surface area contributed by atoms with Gasteiger partial charge in [0.1, 0.15) is 0 Å². The molecule has 2 fully saturated rings. The van der Waals surface area contributed by atoms with Gasteiger partial charge in [0.05, 0.1) is 31.3 Å². The maximum atomic E-state index is 11.2. The quantitative estimate of drug-likeness (QED) is 0.280. The van der Waals surface area contributed by atoms with Crippen LogP contribution in [0.15, 0.2) is 41.8 Å². The van der Waals surface area contributed by atoms with Crippen molar-refractivity contribution < 1.29 is 19.7 Å². The number of aliphatic hydroxyl groups excluding tert-OH is 2. The standard InChI is InChI=1S/C26H35NO4S/c1-31-25(30)13-5-3-2-4-9-20-19(18-27)17-22(28)21(20)10-6-11-23(29)26(14-8-15-26)24-12-7-16-32-24/h2,4,6-7,10,12,16,19-23,28-29H,3,5,8-9,11,13-15,17H2,1H3/b4-2-,10-6+/t19?,20-,21?,22+,23?/m0/s1. The van der Waals surface area contributed by atoms with Crippen molar-refractivity contribution >= 4 is 17.3 Å². The van der Waals surface area contributed by atoms with Gasteiger partial charge in [0.25, 0.3) is 0 Å². The molecular formula is C26H35NO4S. The minimum Gasteiger partial charge on any atom is -0.469 e. The van der Waals surface area contributed by atoms with Gasteiger partial charge in [-0.15, -0.1) is 11.3 Å². The smallest absolute Gasteiger partial charge is 0.305 e. The first-order valence-corrected chi connectivity index (χ1v) is 12.6. The molecule has 0 radical (unpaired) electrons. The minimum absolute atomic E-state index is 0.0650. The molecule has 0 aliphatic heterocycles. The van der Waals surface area contributed by atoms with E-state index in [-0.39, 0.29) is 29.1 Å². The Labute approximate surface area is 195 Å². The highest BCUT2D eigenvalue weighted by Crippen LogP contribution is 2.49. The number of carbonyl (C=O) groups excluding carboxylic acids is 1. The van der Waals surface area contributed by atoms with Crippen molar-refractivity contribution in [3.63, 3.8) is 0 Å². The fraction of sp³-hybridized carbons (Fsp3) is 0.615. The summed E-state index contributed by atoms with van der Waals surface area (Å²) in [5, 5.41) is 33.2. The molecule has 5 nitrogen and oxygen atoms in total. The van der Waals surface area contributed by atoms with E-state index in [4.69, 9.17) is 0 Å². The van der Waals surface area contributed by atoms with E-state index in [1.165, 1.54) is 12.0 Å². The van der Waals surface area contributed by atoms with Crippen LogP contribution in [0.25, 0.3) is 0 Å². The summed E-state index contributed by atoms with van der Waals surface area (Å²) >= 11 is 1.72. The van der Waals surface area contributed by atoms with E-state index < -0.39 is 12.2 Å². The molecule has 0 spiro atoms. The van der Waals surface area contributed by atoms with Crippen molar-refractivity contribution in [3.8, 4) is 6.07 Å². The number of hydrogen-bond acceptors (Lipinski definition) is 6. The topological polar surface area (TPSA) is 90.6 Å². The zero-order chi connectivity index (χ0) is 23.0. The van der Waals surface area contributed by atoms with Crippen molar-refractivity contribution in [2.24, 2.45) is 17.8 Å². The largest absolute Gasteiger partial charge is 0.469 e. The monoisotopic (exact) mass is 457 g/mol. The molecule has 2 aliphatic rings. The van der Waals surface area contributed by atoms with E-state index >= 15 is 0 Å². The number of allylic oxidation sites excluding steroid dienone is 2. The zero-order valence-electron chi connectivity index (χ0n) is 18.9. The second-order valence-corrected chi connectivity index (χ2v) is 10.1. The van der Waals surface area contributed by atoms with Gasteiger partial charge in [-0.3, -0.25) is 4.79 Å². The van der Waals surface area contributed by atoms with E-state index in [2.05, 4.69) is 28.3 Å². The molecule has 1 aromatic rings. The Morgan fingerprint density at radius 1 is 1.41 bits per heavy atom. The second-order valence-electron chi connectivity index (χ2n) is 9.12. The fourth-order valence-electron chi connectivity index (χ4n) is 5.18. The van der Waals surface area contributed by atoms with Crippen LogP contribution < -0.4 is 0 Å². The third-order valence-electron chi connectivity index (χ3n) is 7.28. The van der Waals surface area contributed by atoms with Gasteiger partial charge in [0.2, 0.25) is 0 Å². The normalized spacial score (nSPS) is 27.9. The summed E-state index contributed by atoms with van der Waals surface area (Å²) in [6.45, 7) is 0. The van der Waals surface area contributed by atoms with Crippen LogP contribution in [0.5, 0.6) is 0 Å². The lowest BCUT2D eigenvalue weighted by Gasteiger charge is -2.45. The van der Waals surface area contributed by atoms with Crippen LogP contribution in [0.3, 0.4) is 0 Å². The molecule has 0 amide bonds. The summed E-state index contributed by atoms with van der Waals surface area (Å²) in [6, 6.07) is 6.55.